The van der Waals surface area contributed by atoms with E-state index >= 15 is 0 Å². The first kappa shape index (κ1) is 18.8. The second-order valence-corrected chi connectivity index (χ2v) is 6.13. The normalized spacial score (nSPS) is 11.8. The predicted octanol–water partition coefficient (Wildman–Crippen LogP) is 3.19. The summed E-state index contributed by atoms with van der Waals surface area (Å²) in [6, 6.07) is 17.5. The first-order valence-corrected chi connectivity index (χ1v) is 8.54. The smallest absolute Gasteiger partial charge is 0.315 e. The lowest BCUT2D eigenvalue weighted by atomic mass is 10.1. The van der Waals surface area contributed by atoms with E-state index in [2.05, 4.69) is 15.5 Å². The van der Waals surface area contributed by atoms with Crippen molar-refractivity contribution in [3.05, 3.63) is 65.7 Å². The van der Waals surface area contributed by atoms with Gasteiger partial charge in [0.1, 0.15) is 5.75 Å². The Kier molecular flexibility index (Phi) is 7.29. The summed E-state index contributed by atoms with van der Waals surface area (Å²) in [6.07, 6.45) is 0. The third kappa shape index (κ3) is 6.47. The molecule has 0 saturated heterocycles. The second kappa shape index (κ2) is 9.69. The van der Waals surface area contributed by atoms with Gasteiger partial charge in [-0.05, 0) is 44.3 Å². The molecule has 0 aliphatic heterocycles. The highest BCUT2D eigenvalue weighted by molar-refractivity contribution is 5.74. The standard InChI is InChI=1S/C20H27N3O2/c1-4-25-18-12-8-9-16(13-18)14-21-20(24)22-19(15-23(2)3)17-10-6-5-7-11-17/h5-13,19H,4,14-15H2,1-3H3,(H2,21,22,24). The van der Waals surface area contributed by atoms with Gasteiger partial charge in [-0.1, -0.05) is 42.5 Å². The van der Waals surface area contributed by atoms with Crippen molar-refractivity contribution < 1.29 is 9.53 Å². The van der Waals surface area contributed by atoms with E-state index in [9.17, 15) is 4.79 Å². The van der Waals surface area contributed by atoms with Crippen LogP contribution in [0.1, 0.15) is 24.1 Å². The summed E-state index contributed by atoms with van der Waals surface area (Å²) in [7, 11) is 3.99. The Balaban J connectivity index is 1.93. The molecule has 2 N–H and O–H groups in total. The molecular formula is C20H27N3O2. The van der Waals surface area contributed by atoms with Crippen LogP contribution in [0.3, 0.4) is 0 Å². The number of hydrogen-bond donors (Lipinski definition) is 2. The Morgan fingerprint density at radius 2 is 1.88 bits per heavy atom. The maximum Gasteiger partial charge on any atom is 0.315 e. The van der Waals surface area contributed by atoms with Gasteiger partial charge in [0.15, 0.2) is 0 Å². The van der Waals surface area contributed by atoms with Crippen molar-refractivity contribution in [2.24, 2.45) is 0 Å². The fraction of sp³-hybridized carbons (Fsp3) is 0.350. The lowest BCUT2D eigenvalue weighted by Gasteiger charge is -2.23. The van der Waals surface area contributed by atoms with Gasteiger partial charge in [-0.2, -0.15) is 0 Å². The van der Waals surface area contributed by atoms with Crippen molar-refractivity contribution in [1.29, 1.82) is 0 Å². The topological polar surface area (TPSA) is 53.6 Å². The van der Waals surface area contributed by atoms with E-state index in [1.165, 1.54) is 0 Å². The van der Waals surface area contributed by atoms with Crippen LogP contribution in [0.15, 0.2) is 54.6 Å². The van der Waals surface area contributed by atoms with Crippen molar-refractivity contribution in [1.82, 2.24) is 15.5 Å². The number of likely N-dealkylation sites (N-methyl/N-ethyl adjacent to an activating group) is 1. The minimum absolute atomic E-state index is 0.0639. The maximum atomic E-state index is 12.3. The zero-order chi connectivity index (χ0) is 18.1. The molecule has 0 fully saturated rings. The Labute approximate surface area is 150 Å². The highest BCUT2D eigenvalue weighted by Gasteiger charge is 2.15. The van der Waals surface area contributed by atoms with Crippen molar-refractivity contribution >= 4 is 6.03 Å². The van der Waals surface area contributed by atoms with Gasteiger partial charge in [0, 0.05) is 13.1 Å². The van der Waals surface area contributed by atoms with Crippen LogP contribution in [-0.4, -0.2) is 38.2 Å². The van der Waals surface area contributed by atoms with Crippen LogP contribution in [0.5, 0.6) is 5.75 Å². The number of amides is 2. The first-order chi connectivity index (χ1) is 12.1. The van der Waals surface area contributed by atoms with Gasteiger partial charge < -0.3 is 20.3 Å². The van der Waals surface area contributed by atoms with Gasteiger partial charge in [-0.15, -0.1) is 0 Å². The molecule has 1 atom stereocenters. The van der Waals surface area contributed by atoms with Crippen molar-refractivity contribution in [2.45, 2.75) is 19.5 Å². The molecule has 0 aliphatic rings. The molecule has 2 aromatic carbocycles. The summed E-state index contributed by atoms with van der Waals surface area (Å²) in [6.45, 7) is 3.76. The molecule has 2 rings (SSSR count). The van der Waals surface area contributed by atoms with Crippen LogP contribution in [0.2, 0.25) is 0 Å². The van der Waals surface area contributed by atoms with Crippen molar-refractivity contribution in [3.8, 4) is 5.75 Å². The Bertz CT molecular complexity index is 659. The van der Waals surface area contributed by atoms with Crippen LogP contribution in [0.25, 0.3) is 0 Å². The number of benzene rings is 2. The van der Waals surface area contributed by atoms with Gasteiger partial charge in [-0.25, -0.2) is 4.79 Å². The minimum Gasteiger partial charge on any atom is -0.494 e. The van der Waals surface area contributed by atoms with Gasteiger partial charge in [0.05, 0.1) is 12.6 Å². The summed E-state index contributed by atoms with van der Waals surface area (Å²) in [4.78, 5) is 14.4. The number of nitrogens with one attached hydrogen (secondary N) is 2. The fourth-order valence-corrected chi connectivity index (χ4v) is 2.59. The molecule has 1 unspecified atom stereocenters. The molecule has 0 saturated carbocycles. The predicted molar refractivity (Wildman–Crippen MR) is 101 cm³/mol. The largest absolute Gasteiger partial charge is 0.494 e. The molecule has 0 spiro atoms. The highest BCUT2D eigenvalue weighted by atomic mass is 16.5. The van der Waals surface area contributed by atoms with E-state index in [1.807, 2.05) is 75.6 Å². The quantitative estimate of drug-likeness (QED) is 0.775. The molecule has 2 amide bonds. The maximum absolute atomic E-state index is 12.3. The van der Waals surface area contributed by atoms with Crippen LogP contribution < -0.4 is 15.4 Å². The van der Waals surface area contributed by atoms with E-state index in [-0.39, 0.29) is 12.1 Å². The van der Waals surface area contributed by atoms with Crippen LogP contribution in [0, 0.1) is 0 Å². The molecule has 0 aromatic heterocycles. The van der Waals surface area contributed by atoms with Gasteiger partial charge in [-0.3, -0.25) is 0 Å². The van der Waals surface area contributed by atoms with Gasteiger partial charge in [0.2, 0.25) is 0 Å². The molecule has 5 heteroatoms. The summed E-state index contributed by atoms with van der Waals surface area (Å²) in [5, 5.41) is 5.97. The van der Waals surface area contributed by atoms with E-state index in [0.717, 1.165) is 23.4 Å². The average molecular weight is 341 g/mol. The zero-order valence-electron chi connectivity index (χ0n) is 15.2. The Morgan fingerprint density at radius 1 is 1.12 bits per heavy atom. The average Bonchev–Trinajstić information content (AvgIpc) is 2.60. The SMILES string of the molecule is CCOc1cccc(CNC(=O)NC(CN(C)C)c2ccccc2)c1. The molecule has 0 bridgehead atoms. The van der Waals surface area contributed by atoms with E-state index in [0.29, 0.717) is 13.2 Å². The van der Waals surface area contributed by atoms with Crippen molar-refractivity contribution in [2.75, 3.05) is 27.2 Å². The lowest BCUT2D eigenvalue weighted by Crippen LogP contribution is -2.41. The molecule has 0 aliphatic carbocycles. The van der Waals surface area contributed by atoms with Crippen LogP contribution in [0.4, 0.5) is 4.79 Å². The molecule has 5 nitrogen and oxygen atoms in total. The van der Waals surface area contributed by atoms with Crippen molar-refractivity contribution in [3.63, 3.8) is 0 Å². The molecule has 134 valence electrons. The van der Waals surface area contributed by atoms with Gasteiger partial charge >= 0.3 is 6.03 Å². The summed E-state index contributed by atoms with van der Waals surface area (Å²) in [5.41, 5.74) is 2.09. The number of nitrogens with zero attached hydrogens (tertiary/aromatic N) is 1. The first-order valence-electron chi connectivity index (χ1n) is 8.54. The summed E-state index contributed by atoms with van der Waals surface area (Å²) >= 11 is 0. The van der Waals surface area contributed by atoms with E-state index in [1.54, 1.807) is 0 Å². The monoisotopic (exact) mass is 341 g/mol. The van der Waals surface area contributed by atoms with E-state index < -0.39 is 0 Å². The highest BCUT2D eigenvalue weighted by Crippen LogP contribution is 2.14. The Hall–Kier alpha value is -2.53. The molecular weight excluding hydrogens is 314 g/mol. The van der Waals surface area contributed by atoms with Crippen LogP contribution >= 0.6 is 0 Å². The zero-order valence-corrected chi connectivity index (χ0v) is 15.2. The summed E-state index contributed by atoms with van der Waals surface area (Å²) in [5.74, 6) is 0.817. The molecule has 0 radical (unpaired) electrons. The number of hydrogen-bond acceptors (Lipinski definition) is 3. The number of ether oxygens (including phenoxy) is 1. The number of carbonyl (C=O) groups is 1. The number of carbonyl (C=O) groups excluding carboxylic acids is 1. The second-order valence-electron chi connectivity index (χ2n) is 6.13. The number of urea groups is 1. The third-order valence-electron chi connectivity index (χ3n) is 3.72. The van der Waals surface area contributed by atoms with E-state index in [4.69, 9.17) is 4.74 Å². The van der Waals surface area contributed by atoms with Crippen LogP contribution in [-0.2, 0) is 6.54 Å². The fourth-order valence-electron chi connectivity index (χ4n) is 2.59. The minimum atomic E-state index is -0.183. The third-order valence-corrected chi connectivity index (χ3v) is 3.72. The molecule has 2 aromatic rings. The molecule has 25 heavy (non-hydrogen) atoms. The Morgan fingerprint density at radius 3 is 2.56 bits per heavy atom. The number of rotatable bonds is 8. The lowest BCUT2D eigenvalue weighted by molar-refractivity contribution is 0.232. The van der Waals surface area contributed by atoms with Gasteiger partial charge in [0.25, 0.3) is 0 Å². The molecule has 0 heterocycles. The summed E-state index contributed by atoms with van der Waals surface area (Å²) < 4.78 is 5.49.